The molecule has 1 fully saturated rings. The van der Waals surface area contributed by atoms with Crippen LogP contribution in [0.1, 0.15) is 42.9 Å². The second-order valence-corrected chi connectivity index (χ2v) is 6.54. The molecule has 2 atom stereocenters. The average Bonchev–Trinajstić information content (AvgIpc) is 2.45. The van der Waals surface area contributed by atoms with Crippen LogP contribution in [-0.4, -0.2) is 29.9 Å². The molecule has 0 radical (unpaired) electrons. The van der Waals surface area contributed by atoms with Crippen LogP contribution >= 0.6 is 0 Å². The topological polar surface area (TPSA) is 46.3 Å². The molecule has 1 saturated heterocycles. The minimum absolute atomic E-state index is 0.236. The van der Waals surface area contributed by atoms with Gasteiger partial charge in [0.05, 0.1) is 0 Å². The van der Waals surface area contributed by atoms with Gasteiger partial charge in [-0.05, 0) is 50.2 Å². The lowest BCUT2D eigenvalue weighted by atomic mass is 9.92. The summed E-state index contributed by atoms with van der Waals surface area (Å²) in [6.07, 6.45) is 3.57. The number of nitrogens with two attached hydrogens (primary N) is 1. The van der Waals surface area contributed by atoms with E-state index in [1.165, 1.54) is 16.7 Å². The molecular formula is C18H28N2O. The molecule has 3 nitrogen and oxygen atoms in total. The number of piperidine rings is 1. The molecule has 3 heteroatoms. The van der Waals surface area contributed by atoms with Crippen LogP contribution in [0.3, 0.4) is 0 Å². The summed E-state index contributed by atoms with van der Waals surface area (Å²) in [7, 11) is 0. The smallest absolute Gasteiger partial charge is 0.223 e. The SMILES string of the molecule is Cc1ccc(CCC(=O)N2CCC(C)CC2CN)c(C)c1. The summed E-state index contributed by atoms with van der Waals surface area (Å²) in [5, 5.41) is 0. The van der Waals surface area contributed by atoms with Gasteiger partial charge in [-0.3, -0.25) is 4.79 Å². The first-order valence-electron chi connectivity index (χ1n) is 8.07. The minimum atomic E-state index is 0.236. The van der Waals surface area contributed by atoms with Crippen molar-refractivity contribution >= 4 is 5.91 Å². The van der Waals surface area contributed by atoms with E-state index in [0.717, 1.165) is 25.8 Å². The number of likely N-dealkylation sites (tertiary alicyclic amines) is 1. The fraction of sp³-hybridized carbons (Fsp3) is 0.611. The van der Waals surface area contributed by atoms with Crippen molar-refractivity contribution in [3.8, 4) is 0 Å². The van der Waals surface area contributed by atoms with Gasteiger partial charge in [-0.2, -0.15) is 0 Å². The largest absolute Gasteiger partial charge is 0.338 e. The summed E-state index contributed by atoms with van der Waals surface area (Å²) in [5.41, 5.74) is 9.69. The molecule has 1 amide bonds. The van der Waals surface area contributed by atoms with Gasteiger partial charge in [0.1, 0.15) is 0 Å². The van der Waals surface area contributed by atoms with Gasteiger partial charge in [-0.1, -0.05) is 30.7 Å². The zero-order valence-corrected chi connectivity index (χ0v) is 13.6. The van der Waals surface area contributed by atoms with Gasteiger partial charge >= 0.3 is 0 Å². The third-order valence-electron chi connectivity index (χ3n) is 4.68. The number of rotatable bonds is 4. The molecule has 1 aromatic rings. The zero-order valence-electron chi connectivity index (χ0n) is 13.6. The van der Waals surface area contributed by atoms with Crippen LogP contribution < -0.4 is 5.73 Å². The number of carbonyl (C=O) groups excluding carboxylic acids is 1. The van der Waals surface area contributed by atoms with Crippen molar-refractivity contribution in [3.63, 3.8) is 0 Å². The Kier molecular flexibility index (Phi) is 5.40. The number of nitrogens with zero attached hydrogens (tertiary/aromatic N) is 1. The van der Waals surface area contributed by atoms with Crippen molar-refractivity contribution < 1.29 is 4.79 Å². The lowest BCUT2D eigenvalue weighted by Gasteiger charge is -2.38. The van der Waals surface area contributed by atoms with E-state index in [0.29, 0.717) is 18.9 Å². The van der Waals surface area contributed by atoms with Crippen LogP contribution in [0.5, 0.6) is 0 Å². The first-order valence-corrected chi connectivity index (χ1v) is 8.07. The molecule has 0 aliphatic carbocycles. The number of amides is 1. The van der Waals surface area contributed by atoms with Gasteiger partial charge in [0.2, 0.25) is 5.91 Å². The second-order valence-electron chi connectivity index (χ2n) is 6.54. The summed E-state index contributed by atoms with van der Waals surface area (Å²) < 4.78 is 0. The molecule has 1 heterocycles. The van der Waals surface area contributed by atoms with Crippen molar-refractivity contribution in [1.29, 1.82) is 0 Å². The van der Waals surface area contributed by atoms with E-state index in [-0.39, 0.29) is 11.9 Å². The Hall–Kier alpha value is -1.35. The molecule has 21 heavy (non-hydrogen) atoms. The van der Waals surface area contributed by atoms with Crippen molar-refractivity contribution in [3.05, 3.63) is 34.9 Å². The zero-order chi connectivity index (χ0) is 15.4. The number of hydrogen-bond donors (Lipinski definition) is 1. The quantitative estimate of drug-likeness (QED) is 0.926. The van der Waals surface area contributed by atoms with Crippen LogP contribution in [0.2, 0.25) is 0 Å². The van der Waals surface area contributed by atoms with Crippen molar-refractivity contribution in [1.82, 2.24) is 4.90 Å². The third kappa shape index (κ3) is 4.07. The monoisotopic (exact) mass is 288 g/mol. The molecule has 1 aromatic carbocycles. The summed E-state index contributed by atoms with van der Waals surface area (Å²) in [5.74, 6) is 0.944. The van der Waals surface area contributed by atoms with Crippen molar-refractivity contribution in [2.45, 2.75) is 52.5 Å². The van der Waals surface area contributed by atoms with Gasteiger partial charge in [0.25, 0.3) is 0 Å². The van der Waals surface area contributed by atoms with E-state index < -0.39 is 0 Å². The molecule has 0 spiro atoms. The predicted octanol–water partition coefficient (Wildman–Crippen LogP) is 2.82. The summed E-state index contributed by atoms with van der Waals surface area (Å²) >= 11 is 0. The lowest BCUT2D eigenvalue weighted by molar-refractivity contribution is -0.135. The standard InChI is InChI=1S/C18H28N2O/c1-13-4-5-16(15(3)10-13)6-7-18(21)20-9-8-14(2)11-17(20)12-19/h4-5,10,14,17H,6-9,11-12,19H2,1-3H3. The maximum atomic E-state index is 12.5. The maximum Gasteiger partial charge on any atom is 0.223 e. The second kappa shape index (κ2) is 7.08. The molecule has 0 saturated carbocycles. The fourth-order valence-corrected chi connectivity index (χ4v) is 3.31. The molecular weight excluding hydrogens is 260 g/mol. The van der Waals surface area contributed by atoms with E-state index >= 15 is 0 Å². The molecule has 116 valence electrons. The molecule has 2 N–H and O–H groups in total. The van der Waals surface area contributed by atoms with Crippen LogP contribution in [-0.2, 0) is 11.2 Å². The highest BCUT2D eigenvalue weighted by Gasteiger charge is 2.28. The Morgan fingerprint density at radius 1 is 1.38 bits per heavy atom. The van der Waals surface area contributed by atoms with Crippen LogP contribution in [0, 0.1) is 19.8 Å². The van der Waals surface area contributed by atoms with E-state index in [9.17, 15) is 4.79 Å². The molecule has 0 aromatic heterocycles. The third-order valence-corrected chi connectivity index (χ3v) is 4.68. The first kappa shape index (κ1) is 16.0. The Labute approximate surface area is 128 Å². The summed E-state index contributed by atoms with van der Waals surface area (Å²) in [6, 6.07) is 6.69. The first-order chi connectivity index (χ1) is 10.0. The highest BCUT2D eigenvalue weighted by atomic mass is 16.2. The van der Waals surface area contributed by atoms with Crippen LogP contribution in [0.25, 0.3) is 0 Å². The summed E-state index contributed by atoms with van der Waals surface area (Å²) in [6.45, 7) is 7.93. The molecule has 0 bridgehead atoms. The fourth-order valence-electron chi connectivity index (χ4n) is 3.31. The van der Waals surface area contributed by atoms with Crippen LogP contribution in [0.15, 0.2) is 18.2 Å². The summed E-state index contributed by atoms with van der Waals surface area (Å²) in [4.78, 5) is 14.5. The Morgan fingerprint density at radius 2 is 2.14 bits per heavy atom. The Bertz CT molecular complexity index is 498. The number of benzene rings is 1. The van der Waals surface area contributed by atoms with Gasteiger partial charge in [-0.15, -0.1) is 0 Å². The number of carbonyl (C=O) groups is 1. The number of hydrogen-bond acceptors (Lipinski definition) is 2. The minimum Gasteiger partial charge on any atom is -0.338 e. The van der Waals surface area contributed by atoms with Gasteiger partial charge < -0.3 is 10.6 Å². The molecule has 2 unspecified atom stereocenters. The average molecular weight is 288 g/mol. The molecule has 1 aliphatic rings. The van der Waals surface area contributed by atoms with E-state index in [2.05, 4.69) is 39.0 Å². The highest BCUT2D eigenvalue weighted by Crippen LogP contribution is 2.23. The van der Waals surface area contributed by atoms with Gasteiger partial charge in [0, 0.05) is 25.6 Å². The van der Waals surface area contributed by atoms with E-state index in [4.69, 9.17) is 5.73 Å². The van der Waals surface area contributed by atoms with Gasteiger partial charge in [-0.25, -0.2) is 0 Å². The molecule has 2 rings (SSSR count). The lowest BCUT2D eigenvalue weighted by Crippen LogP contribution is -2.49. The number of aryl methyl sites for hydroxylation is 3. The van der Waals surface area contributed by atoms with Crippen molar-refractivity contribution in [2.24, 2.45) is 11.7 Å². The Morgan fingerprint density at radius 3 is 2.81 bits per heavy atom. The highest BCUT2D eigenvalue weighted by molar-refractivity contribution is 5.77. The predicted molar refractivity (Wildman–Crippen MR) is 87.2 cm³/mol. The van der Waals surface area contributed by atoms with E-state index in [1.54, 1.807) is 0 Å². The van der Waals surface area contributed by atoms with E-state index in [1.807, 2.05) is 4.90 Å². The van der Waals surface area contributed by atoms with Crippen LogP contribution in [0.4, 0.5) is 0 Å². The maximum absolute atomic E-state index is 12.5. The van der Waals surface area contributed by atoms with Crippen molar-refractivity contribution in [2.75, 3.05) is 13.1 Å². The normalized spacial score (nSPS) is 22.4. The Balaban J connectivity index is 1.94. The van der Waals surface area contributed by atoms with Gasteiger partial charge in [0.15, 0.2) is 0 Å². The molecule has 1 aliphatic heterocycles.